The highest BCUT2D eigenvalue weighted by atomic mass is 32.2. The third kappa shape index (κ3) is 5.60. The molecule has 0 aliphatic rings. The van der Waals surface area contributed by atoms with Crippen LogP contribution in [0.2, 0.25) is 0 Å². The number of benzene rings is 1. The molecule has 0 saturated heterocycles. The molecule has 0 saturated carbocycles. The Morgan fingerprint density at radius 1 is 1.37 bits per heavy atom. The minimum Gasteiger partial charge on any atom is -0.494 e. The summed E-state index contributed by atoms with van der Waals surface area (Å²) in [5, 5.41) is 10.5. The standard InChI is InChI=1S/C12H16N2O4S/c1-13(2)12(15)19-9-3-8-18-11-6-4-10(5-7-11)14(16)17/h4-7H,3,8-9H2,1-2H3. The van der Waals surface area contributed by atoms with Gasteiger partial charge in [-0.2, -0.15) is 0 Å². The molecular weight excluding hydrogens is 268 g/mol. The van der Waals surface area contributed by atoms with E-state index in [0.29, 0.717) is 18.1 Å². The molecule has 1 aromatic carbocycles. The number of hydrogen-bond acceptors (Lipinski definition) is 5. The number of nitrogens with zero attached hydrogens (tertiary/aromatic N) is 2. The van der Waals surface area contributed by atoms with Crippen LogP contribution >= 0.6 is 11.8 Å². The van der Waals surface area contributed by atoms with Crippen LogP contribution in [0.1, 0.15) is 6.42 Å². The van der Waals surface area contributed by atoms with Crippen molar-refractivity contribution in [2.75, 3.05) is 26.5 Å². The number of thioether (sulfide) groups is 1. The van der Waals surface area contributed by atoms with Crippen molar-refractivity contribution in [1.82, 2.24) is 4.90 Å². The Kier molecular flexibility index (Phi) is 6.14. The van der Waals surface area contributed by atoms with E-state index in [-0.39, 0.29) is 10.9 Å². The van der Waals surface area contributed by atoms with E-state index in [1.165, 1.54) is 28.8 Å². The summed E-state index contributed by atoms with van der Waals surface area (Å²) in [4.78, 5) is 22.8. The molecule has 0 fully saturated rings. The SMILES string of the molecule is CN(C)C(=O)SCCCOc1ccc([N+](=O)[O-])cc1. The molecular formula is C12H16N2O4S. The highest BCUT2D eigenvalue weighted by Crippen LogP contribution is 2.17. The van der Waals surface area contributed by atoms with Gasteiger partial charge in [-0.1, -0.05) is 11.8 Å². The summed E-state index contributed by atoms with van der Waals surface area (Å²) in [7, 11) is 3.42. The summed E-state index contributed by atoms with van der Waals surface area (Å²) in [6.45, 7) is 0.478. The van der Waals surface area contributed by atoms with Crippen LogP contribution in [-0.2, 0) is 0 Å². The maximum Gasteiger partial charge on any atom is 0.281 e. The van der Waals surface area contributed by atoms with Crippen molar-refractivity contribution in [3.8, 4) is 5.75 Å². The van der Waals surface area contributed by atoms with E-state index in [2.05, 4.69) is 0 Å². The lowest BCUT2D eigenvalue weighted by Gasteiger charge is -2.09. The quantitative estimate of drug-likeness (QED) is 0.456. The Labute approximate surface area is 115 Å². The van der Waals surface area contributed by atoms with Crippen molar-refractivity contribution in [2.45, 2.75) is 6.42 Å². The Bertz CT molecular complexity index is 434. The number of nitro groups is 1. The van der Waals surface area contributed by atoms with Crippen LogP contribution in [0.5, 0.6) is 5.75 Å². The molecule has 0 atom stereocenters. The molecule has 0 radical (unpaired) electrons. The first-order valence-electron chi connectivity index (χ1n) is 5.72. The van der Waals surface area contributed by atoms with Gasteiger partial charge in [-0.05, 0) is 18.6 Å². The molecule has 6 nitrogen and oxygen atoms in total. The van der Waals surface area contributed by atoms with Gasteiger partial charge in [0.1, 0.15) is 5.75 Å². The third-order valence-electron chi connectivity index (χ3n) is 2.20. The molecule has 0 aliphatic heterocycles. The number of hydrogen-bond donors (Lipinski definition) is 0. The lowest BCUT2D eigenvalue weighted by molar-refractivity contribution is -0.384. The van der Waals surface area contributed by atoms with Crippen LogP contribution in [0.4, 0.5) is 10.5 Å². The maximum absolute atomic E-state index is 11.3. The molecule has 1 rings (SSSR count). The average molecular weight is 284 g/mol. The predicted molar refractivity (Wildman–Crippen MR) is 74.7 cm³/mol. The normalized spacial score (nSPS) is 10.0. The van der Waals surface area contributed by atoms with E-state index >= 15 is 0 Å². The first-order chi connectivity index (χ1) is 9.00. The topological polar surface area (TPSA) is 72.7 Å². The van der Waals surface area contributed by atoms with Crippen LogP contribution in [0, 0.1) is 10.1 Å². The molecule has 1 amide bonds. The molecule has 0 heterocycles. The zero-order valence-corrected chi connectivity index (χ0v) is 11.7. The van der Waals surface area contributed by atoms with E-state index in [9.17, 15) is 14.9 Å². The monoisotopic (exact) mass is 284 g/mol. The van der Waals surface area contributed by atoms with Gasteiger partial charge in [-0.15, -0.1) is 0 Å². The third-order valence-corrected chi connectivity index (χ3v) is 3.30. The molecule has 19 heavy (non-hydrogen) atoms. The fourth-order valence-corrected chi connectivity index (χ4v) is 1.90. The summed E-state index contributed by atoms with van der Waals surface area (Å²) >= 11 is 1.24. The number of carbonyl (C=O) groups is 1. The lowest BCUT2D eigenvalue weighted by atomic mass is 10.3. The molecule has 0 aliphatic carbocycles. The van der Waals surface area contributed by atoms with Gasteiger partial charge in [0.05, 0.1) is 11.5 Å². The number of rotatable bonds is 6. The van der Waals surface area contributed by atoms with Crippen molar-refractivity contribution in [2.24, 2.45) is 0 Å². The van der Waals surface area contributed by atoms with Crippen molar-refractivity contribution in [1.29, 1.82) is 0 Å². The van der Waals surface area contributed by atoms with Crippen molar-refractivity contribution < 1.29 is 14.5 Å². The number of carbonyl (C=O) groups excluding carboxylic acids is 1. The summed E-state index contributed by atoms with van der Waals surface area (Å²) in [5.41, 5.74) is 0.0412. The summed E-state index contributed by atoms with van der Waals surface area (Å²) < 4.78 is 5.42. The van der Waals surface area contributed by atoms with Crippen LogP contribution < -0.4 is 4.74 Å². The highest BCUT2D eigenvalue weighted by molar-refractivity contribution is 8.13. The van der Waals surface area contributed by atoms with Crippen molar-refractivity contribution >= 4 is 22.7 Å². The molecule has 0 unspecified atom stereocenters. The zero-order chi connectivity index (χ0) is 14.3. The second kappa shape index (κ2) is 7.63. The number of ether oxygens (including phenoxy) is 1. The van der Waals surface area contributed by atoms with Gasteiger partial charge in [0.15, 0.2) is 0 Å². The molecule has 1 aromatic rings. The smallest absolute Gasteiger partial charge is 0.281 e. The van der Waals surface area contributed by atoms with Crippen molar-refractivity contribution in [3.63, 3.8) is 0 Å². The molecule has 104 valence electrons. The van der Waals surface area contributed by atoms with Gasteiger partial charge >= 0.3 is 0 Å². The Balaban J connectivity index is 2.22. The van der Waals surface area contributed by atoms with E-state index in [4.69, 9.17) is 4.74 Å². The van der Waals surface area contributed by atoms with Gasteiger partial charge in [-0.3, -0.25) is 14.9 Å². The fourth-order valence-electron chi connectivity index (χ4n) is 1.20. The molecule has 0 N–H and O–H groups in total. The number of non-ortho nitro benzene ring substituents is 1. The van der Waals surface area contributed by atoms with Gasteiger partial charge in [0.2, 0.25) is 0 Å². The minimum absolute atomic E-state index is 0.0235. The van der Waals surface area contributed by atoms with Crippen LogP contribution in [0.25, 0.3) is 0 Å². The summed E-state index contributed by atoms with van der Waals surface area (Å²) in [6, 6.07) is 5.94. The minimum atomic E-state index is -0.451. The highest BCUT2D eigenvalue weighted by Gasteiger charge is 2.05. The first-order valence-corrected chi connectivity index (χ1v) is 6.70. The molecule has 0 aromatic heterocycles. The second-order valence-corrected chi connectivity index (χ2v) is 5.01. The number of nitro benzene ring substituents is 1. The van der Waals surface area contributed by atoms with Gasteiger partial charge < -0.3 is 9.64 Å². The van der Waals surface area contributed by atoms with E-state index < -0.39 is 4.92 Å². The van der Waals surface area contributed by atoms with Gasteiger partial charge in [-0.25, -0.2) is 0 Å². The molecule has 0 spiro atoms. The maximum atomic E-state index is 11.3. The lowest BCUT2D eigenvalue weighted by Crippen LogP contribution is -2.17. The fraction of sp³-hybridized carbons (Fsp3) is 0.417. The Morgan fingerprint density at radius 3 is 2.53 bits per heavy atom. The summed E-state index contributed by atoms with van der Waals surface area (Å²) in [6.07, 6.45) is 0.737. The van der Waals surface area contributed by atoms with Crippen LogP contribution in [0.15, 0.2) is 24.3 Å². The van der Waals surface area contributed by atoms with E-state index in [1.807, 2.05) is 0 Å². The largest absolute Gasteiger partial charge is 0.494 e. The molecule has 7 heteroatoms. The second-order valence-electron chi connectivity index (χ2n) is 3.96. The Hall–Kier alpha value is -1.76. The van der Waals surface area contributed by atoms with Gasteiger partial charge in [0.25, 0.3) is 10.9 Å². The predicted octanol–water partition coefficient (Wildman–Crippen LogP) is 2.78. The van der Waals surface area contributed by atoms with E-state index in [1.54, 1.807) is 26.2 Å². The molecule has 0 bridgehead atoms. The van der Waals surface area contributed by atoms with E-state index in [0.717, 1.165) is 6.42 Å². The van der Waals surface area contributed by atoms with Gasteiger partial charge in [0, 0.05) is 32.0 Å². The zero-order valence-electron chi connectivity index (χ0n) is 10.9. The Morgan fingerprint density at radius 2 is 2.00 bits per heavy atom. The van der Waals surface area contributed by atoms with Crippen LogP contribution in [0.3, 0.4) is 0 Å². The average Bonchev–Trinajstić information content (AvgIpc) is 2.38. The van der Waals surface area contributed by atoms with Crippen molar-refractivity contribution in [3.05, 3.63) is 34.4 Å². The first kappa shape index (κ1) is 15.3. The number of amides is 1. The van der Waals surface area contributed by atoms with Crippen LogP contribution in [-0.4, -0.2) is 41.5 Å². The summed E-state index contributed by atoms with van der Waals surface area (Å²) in [5.74, 6) is 1.28.